The molecule has 1 atom stereocenters. The Kier molecular flexibility index (Phi) is 15.1. The molecule has 0 radical (unpaired) electrons. The maximum Gasteiger partial charge on any atom is 1.00 e. The molecule has 0 aliphatic rings. The SMILES string of the molecule is O=C([O-])CN(CC(=O)[O-])CC(O)C(=O)O.[Na+].[Na+]. The summed E-state index contributed by atoms with van der Waals surface area (Å²) in [6.45, 7) is -2.21. The molecule has 0 aromatic heterocycles. The Balaban J connectivity index is -0.000000980. The van der Waals surface area contributed by atoms with Gasteiger partial charge in [-0.15, -0.1) is 0 Å². The Morgan fingerprint density at radius 2 is 1.41 bits per heavy atom. The molecule has 1 unspecified atom stereocenters. The van der Waals surface area contributed by atoms with Crippen LogP contribution >= 0.6 is 0 Å². The standard InChI is InChI=1S/C7H11NO7.2Na/c9-4(7(14)15)1-8(2-5(10)11)3-6(12)13;;/h4,9H,1-3H2,(H,10,11)(H,12,13)(H,14,15);;/q;2*+1/p-2. The Labute approximate surface area is 141 Å². The minimum Gasteiger partial charge on any atom is -0.549 e. The first-order valence-corrected chi connectivity index (χ1v) is 3.86. The zero-order valence-electron chi connectivity index (χ0n) is 9.58. The molecule has 0 heterocycles. The van der Waals surface area contributed by atoms with Crippen molar-refractivity contribution in [3.63, 3.8) is 0 Å². The summed E-state index contributed by atoms with van der Waals surface area (Å²) in [6.07, 6.45) is -1.86. The molecule has 0 bridgehead atoms. The molecule has 10 heteroatoms. The quantitative estimate of drug-likeness (QED) is 0.432. The van der Waals surface area contributed by atoms with E-state index in [4.69, 9.17) is 10.2 Å². The fourth-order valence-corrected chi connectivity index (χ4v) is 0.873. The number of carbonyl (C=O) groups is 3. The molecule has 0 spiro atoms. The van der Waals surface area contributed by atoms with Crippen LogP contribution in [0.1, 0.15) is 0 Å². The molecule has 0 saturated carbocycles. The van der Waals surface area contributed by atoms with Gasteiger partial charge in [0.05, 0.1) is 11.9 Å². The molecule has 0 amide bonds. The monoisotopic (exact) mass is 265 g/mol. The Bertz CT molecular complexity index is 257. The number of aliphatic hydroxyl groups is 1. The van der Waals surface area contributed by atoms with Gasteiger partial charge < -0.3 is 30.0 Å². The third kappa shape index (κ3) is 12.6. The van der Waals surface area contributed by atoms with E-state index in [0.717, 1.165) is 0 Å². The van der Waals surface area contributed by atoms with E-state index in [1.54, 1.807) is 0 Å². The number of carboxylic acids is 3. The maximum atomic E-state index is 10.2. The van der Waals surface area contributed by atoms with Gasteiger partial charge in [0.25, 0.3) is 0 Å². The van der Waals surface area contributed by atoms with Crippen molar-refractivity contribution in [1.29, 1.82) is 0 Å². The topological polar surface area (TPSA) is 141 Å². The van der Waals surface area contributed by atoms with Crippen LogP contribution in [0.3, 0.4) is 0 Å². The van der Waals surface area contributed by atoms with Gasteiger partial charge in [0, 0.05) is 19.6 Å². The summed E-state index contributed by atoms with van der Waals surface area (Å²) in [5.74, 6) is -4.72. The van der Waals surface area contributed by atoms with E-state index in [1.807, 2.05) is 0 Å². The fraction of sp³-hybridized carbons (Fsp3) is 0.571. The van der Waals surface area contributed by atoms with Crippen LogP contribution in [0.5, 0.6) is 0 Å². The summed E-state index contributed by atoms with van der Waals surface area (Å²) >= 11 is 0. The van der Waals surface area contributed by atoms with Crippen molar-refractivity contribution in [3.05, 3.63) is 0 Å². The van der Waals surface area contributed by atoms with Crippen LogP contribution in [0.2, 0.25) is 0 Å². The Hall–Kier alpha value is 0.330. The number of aliphatic hydroxyl groups excluding tert-OH is 1. The Morgan fingerprint density at radius 1 is 1.06 bits per heavy atom. The summed E-state index contributed by atoms with van der Waals surface area (Å²) in [7, 11) is 0. The van der Waals surface area contributed by atoms with Crippen LogP contribution in [0.4, 0.5) is 0 Å². The number of nitrogens with zero attached hydrogens (tertiary/aromatic N) is 1. The summed E-state index contributed by atoms with van der Waals surface area (Å²) in [5, 5.41) is 37.4. The van der Waals surface area contributed by atoms with Crippen LogP contribution in [-0.4, -0.2) is 58.8 Å². The van der Waals surface area contributed by atoms with Gasteiger partial charge in [-0.2, -0.15) is 0 Å². The second kappa shape index (κ2) is 11.4. The maximum absolute atomic E-state index is 10.2. The summed E-state index contributed by atoms with van der Waals surface area (Å²) in [4.78, 5) is 31.2. The molecule has 0 fully saturated rings. The van der Waals surface area contributed by atoms with Crippen molar-refractivity contribution in [3.8, 4) is 0 Å². The summed E-state index contributed by atoms with van der Waals surface area (Å²) in [5.41, 5.74) is 0. The minimum atomic E-state index is -1.86. The molecule has 86 valence electrons. The van der Waals surface area contributed by atoms with E-state index in [-0.39, 0.29) is 59.1 Å². The van der Waals surface area contributed by atoms with Gasteiger partial charge >= 0.3 is 65.1 Å². The van der Waals surface area contributed by atoms with Gasteiger partial charge in [-0.25, -0.2) is 4.79 Å². The van der Waals surface area contributed by atoms with Crippen LogP contribution in [-0.2, 0) is 14.4 Å². The van der Waals surface area contributed by atoms with Gasteiger partial charge in [-0.3, -0.25) is 4.90 Å². The molecule has 0 saturated heterocycles. The molecule has 0 aromatic carbocycles. The van der Waals surface area contributed by atoms with Crippen molar-refractivity contribution in [2.45, 2.75) is 6.10 Å². The molecule has 2 N–H and O–H groups in total. The molecule has 8 nitrogen and oxygen atoms in total. The molecule has 0 aromatic rings. The Morgan fingerprint density at radius 3 is 1.65 bits per heavy atom. The van der Waals surface area contributed by atoms with Gasteiger partial charge in [0.15, 0.2) is 6.10 Å². The smallest absolute Gasteiger partial charge is 0.549 e. The molecule has 0 aliphatic heterocycles. The number of carbonyl (C=O) groups excluding carboxylic acids is 2. The number of hydrogen-bond donors (Lipinski definition) is 2. The zero-order valence-corrected chi connectivity index (χ0v) is 13.6. The van der Waals surface area contributed by atoms with Crippen molar-refractivity contribution in [2.75, 3.05) is 19.6 Å². The number of rotatable bonds is 7. The van der Waals surface area contributed by atoms with Crippen molar-refractivity contribution >= 4 is 17.9 Å². The first-order valence-electron chi connectivity index (χ1n) is 3.86. The van der Waals surface area contributed by atoms with Crippen LogP contribution < -0.4 is 69.3 Å². The van der Waals surface area contributed by atoms with E-state index >= 15 is 0 Å². The van der Waals surface area contributed by atoms with E-state index in [1.165, 1.54) is 0 Å². The predicted molar refractivity (Wildman–Crippen MR) is 40.1 cm³/mol. The zero-order chi connectivity index (χ0) is 12.0. The molecule has 0 aliphatic carbocycles. The average molecular weight is 265 g/mol. The largest absolute Gasteiger partial charge is 1.00 e. The number of aliphatic carboxylic acids is 3. The van der Waals surface area contributed by atoms with Crippen LogP contribution in [0.25, 0.3) is 0 Å². The second-order valence-electron chi connectivity index (χ2n) is 2.77. The van der Waals surface area contributed by atoms with Crippen molar-refractivity contribution < 1.29 is 93.9 Å². The van der Waals surface area contributed by atoms with E-state index < -0.39 is 43.6 Å². The third-order valence-electron chi connectivity index (χ3n) is 1.42. The molecule has 0 rings (SSSR count). The van der Waals surface area contributed by atoms with Crippen LogP contribution in [0, 0.1) is 0 Å². The van der Waals surface area contributed by atoms with Crippen molar-refractivity contribution in [2.24, 2.45) is 0 Å². The minimum absolute atomic E-state index is 0. The summed E-state index contributed by atoms with van der Waals surface area (Å²) < 4.78 is 0. The molecular formula is C7H9NNa2O7. The first kappa shape index (κ1) is 22.5. The van der Waals surface area contributed by atoms with E-state index in [0.29, 0.717) is 4.90 Å². The van der Waals surface area contributed by atoms with Crippen LogP contribution in [0.15, 0.2) is 0 Å². The van der Waals surface area contributed by atoms with Gasteiger partial charge in [-0.05, 0) is 0 Å². The molecule has 17 heavy (non-hydrogen) atoms. The van der Waals surface area contributed by atoms with E-state index in [9.17, 15) is 24.6 Å². The van der Waals surface area contributed by atoms with Crippen molar-refractivity contribution in [1.82, 2.24) is 4.90 Å². The number of carboxylic acid groups (broad SMARTS) is 3. The predicted octanol–water partition coefficient (Wildman–Crippen LogP) is -10.8. The summed E-state index contributed by atoms with van der Waals surface area (Å²) in [6, 6.07) is 0. The van der Waals surface area contributed by atoms with Gasteiger partial charge in [0.1, 0.15) is 0 Å². The number of hydrogen-bond acceptors (Lipinski definition) is 7. The first-order chi connectivity index (χ1) is 6.82. The fourth-order valence-electron chi connectivity index (χ4n) is 0.873. The third-order valence-corrected chi connectivity index (χ3v) is 1.42. The second-order valence-corrected chi connectivity index (χ2v) is 2.77. The van der Waals surface area contributed by atoms with E-state index in [2.05, 4.69) is 0 Å². The van der Waals surface area contributed by atoms with Gasteiger partial charge in [0.2, 0.25) is 0 Å². The normalized spacial score (nSPS) is 10.9. The molecular weight excluding hydrogens is 256 g/mol. The average Bonchev–Trinajstić information content (AvgIpc) is 2.00. The van der Waals surface area contributed by atoms with Gasteiger partial charge in [-0.1, -0.05) is 0 Å².